The summed E-state index contributed by atoms with van der Waals surface area (Å²) in [7, 11) is 4.85. The van der Waals surface area contributed by atoms with E-state index in [1.54, 1.807) is 21.3 Å². The quantitative estimate of drug-likeness (QED) is 0.741. The standard InChI is InChI=1S/C16H25NO3/c1-7-8-11(2)17-12(3)13-9-14(18-4)16(20-6)15(10-13)19-5/h7,9-12,17H,1,8H2,2-6H3. The molecular formula is C16H25NO3. The van der Waals surface area contributed by atoms with Gasteiger partial charge in [0.05, 0.1) is 21.3 Å². The number of rotatable bonds is 8. The summed E-state index contributed by atoms with van der Waals surface area (Å²) in [6.07, 6.45) is 2.84. The lowest BCUT2D eigenvalue weighted by atomic mass is 10.1. The maximum absolute atomic E-state index is 5.37. The molecule has 0 saturated carbocycles. The molecule has 0 saturated heterocycles. The van der Waals surface area contributed by atoms with Crippen molar-refractivity contribution in [3.63, 3.8) is 0 Å². The van der Waals surface area contributed by atoms with Gasteiger partial charge in [0.2, 0.25) is 5.75 Å². The van der Waals surface area contributed by atoms with Crippen LogP contribution in [-0.4, -0.2) is 27.4 Å². The van der Waals surface area contributed by atoms with E-state index in [1.807, 2.05) is 18.2 Å². The molecule has 0 radical (unpaired) electrons. The molecule has 0 aliphatic carbocycles. The molecule has 1 aromatic carbocycles. The summed E-state index contributed by atoms with van der Waals surface area (Å²) in [5.74, 6) is 1.96. The van der Waals surface area contributed by atoms with Gasteiger partial charge in [0.25, 0.3) is 0 Å². The number of nitrogens with one attached hydrogen (secondary N) is 1. The maximum atomic E-state index is 5.37. The summed E-state index contributed by atoms with van der Waals surface area (Å²) >= 11 is 0. The van der Waals surface area contributed by atoms with Crippen molar-refractivity contribution in [2.75, 3.05) is 21.3 Å². The molecule has 0 aromatic heterocycles. The summed E-state index contributed by atoms with van der Waals surface area (Å²) in [6, 6.07) is 4.49. The minimum absolute atomic E-state index is 0.179. The Morgan fingerprint density at radius 3 is 2.05 bits per heavy atom. The van der Waals surface area contributed by atoms with Gasteiger partial charge in [-0.3, -0.25) is 0 Å². The van der Waals surface area contributed by atoms with Gasteiger partial charge >= 0.3 is 0 Å². The first-order valence-corrected chi connectivity index (χ1v) is 6.74. The van der Waals surface area contributed by atoms with Crippen molar-refractivity contribution in [1.82, 2.24) is 5.32 Å². The zero-order valence-corrected chi connectivity index (χ0v) is 13.0. The second-order valence-electron chi connectivity index (χ2n) is 4.77. The average molecular weight is 279 g/mol. The Morgan fingerprint density at radius 2 is 1.65 bits per heavy atom. The van der Waals surface area contributed by atoms with E-state index in [1.165, 1.54) is 0 Å². The van der Waals surface area contributed by atoms with Crippen LogP contribution in [0.15, 0.2) is 24.8 Å². The van der Waals surface area contributed by atoms with E-state index in [9.17, 15) is 0 Å². The van der Waals surface area contributed by atoms with E-state index in [0.717, 1.165) is 12.0 Å². The van der Waals surface area contributed by atoms with Crippen LogP contribution in [0.25, 0.3) is 0 Å². The molecule has 4 heteroatoms. The predicted molar refractivity (Wildman–Crippen MR) is 81.9 cm³/mol. The highest BCUT2D eigenvalue weighted by molar-refractivity contribution is 5.54. The largest absolute Gasteiger partial charge is 0.493 e. The van der Waals surface area contributed by atoms with Crippen LogP contribution < -0.4 is 19.5 Å². The molecule has 0 amide bonds. The smallest absolute Gasteiger partial charge is 0.203 e. The van der Waals surface area contributed by atoms with Crippen LogP contribution in [0.5, 0.6) is 17.2 Å². The first-order chi connectivity index (χ1) is 9.57. The van der Waals surface area contributed by atoms with Crippen molar-refractivity contribution in [2.24, 2.45) is 0 Å². The van der Waals surface area contributed by atoms with Gasteiger partial charge in [0.15, 0.2) is 11.5 Å². The van der Waals surface area contributed by atoms with Crippen molar-refractivity contribution < 1.29 is 14.2 Å². The normalized spacial score (nSPS) is 13.4. The zero-order valence-electron chi connectivity index (χ0n) is 13.0. The van der Waals surface area contributed by atoms with Crippen LogP contribution in [0.1, 0.15) is 31.9 Å². The molecule has 112 valence electrons. The third kappa shape index (κ3) is 3.90. The molecule has 0 bridgehead atoms. The van der Waals surface area contributed by atoms with Crippen LogP contribution in [-0.2, 0) is 0 Å². The minimum atomic E-state index is 0.179. The van der Waals surface area contributed by atoms with Crippen molar-refractivity contribution >= 4 is 0 Å². The summed E-state index contributed by atoms with van der Waals surface area (Å²) in [5.41, 5.74) is 1.09. The summed E-state index contributed by atoms with van der Waals surface area (Å²) in [5, 5.41) is 3.51. The van der Waals surface area contributed by atoms with Crippen molar-refractivity contribution in [3.8, 4) is 17.2 Å². The fourth-order valence-corrected chi connectivity index (χ4v) is 2.19. The number of ether oxygens (including phenoxy) is 3. The number of methoxy groups -OCH3 is 3. The van der Waals surface area contributed by atoms with Gasteiger partial charge < -0.3 is 19.5 Å². The fourth-order valence-electron chi connectivity index (χ4n) is 2.19. The second kappa shape index (κ2) is 7.80. The lowest BCUT2D eigenvalue weighted by Gasteiger charge is -2.21. The Hall–Kier alpha value is -1.68. The summed E-state index contributed by atoms with van der Waals surface area (Å²) in [6.45, 7) is 8.01. The molecule has 1 aromatic rings. The van der Waals surface area contributed by atoms with Gasteiger partial charge in [-0.2, -0.15) is 0 Å². The van der Waals surface area contributed by atoms with Gasteiger partial charge in [-0.25, -0.2) is 0 Å². The van der Waals surface area contributed by atoms with Crippen LogP contribution in [0, 0.1) is 0 Å². The van der Waals surface area contributed by atoms with E-state index in [0.29, 0.717) is 23.3 Å². The maximum Gasteiger partial charge on any atom is 0.203 e. The monoisotopic (exact) mass is 279 g/mol. The minimum Gasteiger partial charge on any atom is -0.493 e. The van der Waals surface area contributed by atoms with E-state index >= 15 is 0 Å². The molecule has 0 heterocycles. The highest BCUT2D eigenvalue weighted by Gasteiger charge is 2.17. The molecule has 4 nitrogen and oxygen atoms in total. The molecule has 2 unspecified atom stereocenters. The molecule has 0 aliphatic heterocycles. The number of hydrogen-bond acceptors (Lipinski definition) is 4. The number of benzene rings is 1. The van der Waals surface area contributed by atoms with E-state index in [-0.39, 0.29) is 6.04 Å². The third-order valence-corrected chi connectivity index (χ3v) is 3.24. The average Bonchev–Trinajstić information content (AvgIpc) is 2.45. The van der Waals surface area contributed by atoms with Crippen molar-refractivity contribution in [1.29, 1.82) is 0 Å². The van der Waals surface area contributed by atoms with E-state index < -0.39 is 0 Å². The Kier molecular flexibility index (Phi) is 6.39. The van der Waals surface area contributed by atoms with Gasteiger partial charge in [0.1, 0.15) is 0 Å². The Balaban J connectivity index is 3.02. The van der Waals surface area contributed by atoms with Crippen LogP contribution >= 0.6 is 0 Å². The fraction of sp³-hybridized carbons (Fsp3) is 0.500. The Morgan fingerprint density at radius 1 is 1.10 bits per heavy atom. The lowest BCUT2D eigenvalue weighted by Crippen LogP contribution is -2.28. The Labute approximate surface area is 121 Å². The van der Waals surface area contributed by atoms with Crippen LogP contribution in [0.3, 0.4) is 0 Å². The van der Waals surface area contributed by atoms with Gasteiger partial charge in [-0.15, -0.1) is 6.58 Å². The summed E-state index contributed by atoms with van der Waals surface area (Å²) in [4.78, 5) is 0. The Bertz CT molecular complexity index is 420. The van der Waals surface area contributed by atoms with Gasteiger partial charge in [-0.1, -0.05) is 6.08 Å². The highest BCUT2D eigenvalue weighted by Crippen LogP contribution is 2.39. The molecule has 0 fully saturated rings. The zero-order chi connectivity index (χ0) is 15.1. The third-order valence-electron chi connectivity index (χ3n) is 3.24. The molecule has 0 aliphatic rings. The molecular weight excluding hydrogens is 254 g/mol. The molecule has 1 N–H and O–H groups in total. The van der Waals surface area contributed by atoms with Gasteiger partial charge in [0, 0.05) is 12.1 Å². The van der Waals surface area contributed by atoms with Crippen LogP contribution in [0.4, 0.5) is 0 Å². The number of hydrogen-bond donors (Lipinski definition) is 1. The van der Waals surface area contributed by atoms with Gasteiger partial charge in [-0.05, 0) is 38.0 Å². The second-order valence-corrected chi connectivity index (χ2v) is 4.77. The predicted octanol–water partition coefficient (Wildman–Crippen LogP) is 3.33. The van der Waals surface area contributed by atoms with E-state index in [4.69, 9.17) is 14.2 Å². The molecule has 2 atom stereocenters. The first-order valence-electron chi connectivity index (χ1n) is 6.74. The SMILES string of the molecule is C=CCC(C)NC(C)c1cc(OC)c(OC)c(OC)c1. The molecule has 1 rings (SSSR count). The highest BCUT2D eigenvalue weighted by atomic mass is 16.5. The van der Waals surface area contributed by atoms with Crippen molar-refractivity contribution in [3.05, 3.63) is 30.4 Å². The van der Waals surface area contributed by atoms with E-state index in [2.05, 4.69) is 25.7 Å². The first kappa shape index (κ1) is 16.4. The van der Waals surface area contributed by atoms with Crippen molar-refractivity contribution in [2.45, 2.75) is 32.4 Å². The molecule has 20 heavy (non-hydrogen) atoms. The lowest BCUT2D eigenvalue weighted by molar-refractivity contribution is 0.323. The molecule has 0 spiro atoms. The summed E-state index contributed by atoms with van der Waals surface area (Å²) < 4.78 is 16.1. The topological polar surface area (TPSA) is 39.7 Å². The van der Waals surface area contributed by atoms with Crippen LogP contribution in [0.2, 0.25) is 0 Å².